The standard InChI is InChI=1S/C23H22Cl2N2O4S2/c1-31-22-12-9-18(25)15-21(22)27(33(29,30)20-5-3-2-4-6-20)16-23(28)26-13-14-32-19-10-7-17(24)8-11-19/h2-12,15H,13-14,16H2,1H3,(H,26,28). The number of hydrogen-bond acceptors (Lipinski definition) is 5. The topological polar surface area (TPSA) is 75.7 Å². The Balaban J connectivity index is 1.76. The predicted octanol–water partition coefficient (Wildman–Crippen LogP) is 5.11. The largest absolute Gasteiger partial charge is 0.495 e. The summed E-state index contributed by atoms with van der Waals surface area (Å²) in [5.74, 6) is 0.442. The number of hydrogen-bond donors (Lipinski definition) is 1. The number of sulfonamides is 1. The lowest BCUT2D eigenvalue weighted by Gasteiger charge is -2.25. The average Bonchev–Trinajstić information content (AvgIpc) is 2.82. The highest BCUT2D eigenvalue weighted by atomic mass is 35.5. The van der Waals surface area contributed by atoms with Gasteiger partial charge < -0.3 is 10.1 Å². The van der Waals surface area contributed by atoms with Gasteiger partial charge >= 0.3 is 0 Å². The quantitative estimate of drug-likeness (QED) is 0.294. The summed E-state index contributed by atoms with van der Waals surface area (Å²) < 4.78 is 33.2. The maximum Gasteiger partial charge on any atom is 0.264 e. The van der Waals surface area contributed by atoms with E-state index >= 15 is 0 Å². The minimum Gasteiger partial charge on any atom is -0.495 e. The molecule has 0 aliphatic rings. The molecule has 3 aromatic rings. The SMILES string of the molecule is COc1ccc(Cl)cc1N(CC(=O)NCCSc1ccc(Cl)cc1)S(=O)(=O)c1ccccc1. The summed E-state index contributed by atoms with van der Waals surface area (Å²) in [6.07, 6.45) is 0. The van der Waals surface area contributed by atoms with Crippen molar-refractivity contribution >= 4 is 56.6 Å². The summed E-state index contributed by atoms with van der Waals surface area (Å²) in [6, 6.07) is 19.9. The number of carbonyl (C=O) groups is 1. The van der Waals surface area contributed by atoms with Crippen molar-refractivity contribution in [3.05, 3.63) is 82.8 Å². The molecule has 0 aliphatic carbocycles. The maximum absolute atomic E-state index is 13.4. The number of benzene rings is 3. The molecule has 0 heterocycles. The van der Waals surface area contributed by atoms with E-state index in [0.717, 1.165) is 9.20 Å². The van der Waals surface area contributed by atoms with E-state index in [0.29, 0.717) is 22.3 Å². The zero-order chi connectivity index (χ0) is 23.8. The van der Waals surface area contributed by atoms with E-state index in [-0.39, 0.29) is 16.3 Å². The fraction of sp³-hybridized carbons (Fsp3) is 0.174. The van der Waals surface area contributed by atoms with Gasteiger partial charge in [0, 0.05) is 27.2 Å². The maximum atomic E-state index is 13.4. The molecule has 174 valence electrons. The van der Waals surface area contributed by atoms with Crippen LogP contribution in [0, 0.1) is 0 Å². The molecule has 0 saturated carbocycles. The van der Waals surface area contributed by atoms with Crippen LogP contribution >= 0.6 is 35.0 Å². The van der Waals surface area contributed by atoms with Crippen LogP contribution in [-0.2, 0) is 14.8 Å². The zero-order valence-electron chi connectivity index (χ0n) is 17.7. The Bertz CT molecular complexity index is 1190. The molecule has 0 atom stereocenters. The lowest BCUT2D eigenvalue weighted by atomic mass is 10.3. The van der Waals surface area contributed by atoms with Crippen molar-refractivity contribution in [3.8, 4) is 5.75 Å². The first-order valence-corrected chi connectivity index (χ1v) is 13.1. The van der Waals surface area contributed by atoms with Crippen LogP contribution in [0.15, 0.2) is 82.6 Å². The zero-order valence-corrected chi connectivity index (χ0v) is 20.8. The Labute approximate surface area is 207 Å². The molecule has 0 radical (unpaired) electrons. The van der Waals surface area contributed by atoms with E-state index in [2.05, 4.69) is 5.32 Å². The van der Waals surface area contributed by atoms with Crippen molar-refractivity contribution in [2.45, 2.75) is 9.79 Å². The second-order valence-electron chi connectivity index (χ2n) is 6.79. The number of carbonyl (C=O) groups excluding carboxylic acids is 1. The number of nitrogens with one attached hydrogen (secondary N) is 1. The van der Waals surface area contributed by atoms with E-state index in [1.54, 1.807) is 54.2 Å². The third-order valence-electron chi connectivity index (χ3n) is 4.53. The molecule has 33 heavy (non-hydrogen) atoms. The molecule has 0 aliphatic heterocycles. The number of ether oxygens (including phenoxy) is 1. The number of halogens is 2. The number of methoxy groups -OCH3 is 1. The molecule has 0 saturated heterocycles. The number of nitrogens with zero attached hydrogens (tertiary/aromatic N) is 1. The second kappa shape index (κ2) is 11.7. The smallest absolute Gasteiger partial charge is 0.264 e. The summed E-state index contributed by atoms with van der Waals surface area (Å²) in [5.41, 5.74) is 0.180. The van der Waals surface area contributed by atoms with Crippen molar-refractivity contribution in [3.63, 3.8) is 0 Å². The van der Waals surface area contributed by atoms with E-state index in [1.807, 2.05) is 12.1 Å². The summed E-state index contributed by atoms with van der Waals surface area (Å²) in [6.45, 7) is -0.0719. The number of thioether (sulfide) groups is 1. The minimum atomic E-state index is -4.06. The Morgan fingerprint density at radius 2 is 1.67 bits per heavy atom. The van der Waals surface area contributed by atoms with Crippen molar-refractivity contribution in [2.24, 2.45) is 0 Å². The van der Waals surface area contributed by atoms with Gasteiger partial charge in [-0.05, 0) is 54.6 Å². The Morgan fingerprint density at radius 1 is 1.00 bits per heavy atom. The van der Waals surface area contributed by atoms with E-state index in [9.17, 15) is 13.2 Å². The Morgan fingerprint density at radius 3 is 2.33 bits per heavy atom. The van der Waals surface area contributed by atoms with Gasteiger partial charge in [-0.1, -0.05) is 41.4 Å². The summed E-state index contributed by atoms with van der Waals surface area (Å²) in [5, 5.41) is 3.75. The monoisotopic (exact) mass is 524 g/mol. The van der Waals surface area contributed by atoms with Crippen LogP contribution in [0.5, 0.6) is 5.75 Å². The van der Waals surface area contributed by atoms with Gasteiger partial charge in [-0.25, -0.2) is 8.42 Å². The highest BCUT2D eigenvalue weighted by Crippen LogP contribution is 2.34. The summed E-state index contributed by atoms with van der Waals surface area (Å²) >= 11 is 13.6. The predicted molar refractivity (Wildman–Crippen MR) is 134 cm³/mol. The van der Waals surface area contributed by atoms with Crippen LogP contribution in [-0.4, -0.2) is 40.3 Å². The van der Waals surface area contributed by atoms with Crippen LogP contribution in [0.4, 0.5) is 5.69 Å². The van der Waals surface area contributed by atoms with Gasteiger partial charge in [0.1, 0.15) is 12.3 Å². The van der Waals surface area contributed by atoms with Gasteiger partial charge in [0.05, 0.1) is 17.7 Å². The van der Waals surface area contributed by atoms with Crippen molar-refractivity contribution in [2.75, 3.05) is 30.3 Å². The minimum absolute atomic E-state index is 0.0538. The number of rotatable bonds is 10. The second-order valence-corrected chi connectivity index (χ2v) is 10.7. The molecular weight excluding hydrogens is 503 g/mol. The molecule has 3 rings (SSSR count). The van der Waals surface area contributed by atoms with Gasteiger partial charge in [-0.2, -0.15) is 0 Å². The molecule has 6 nitrogen and oxygen atoms in total. The normalized spacial score (nSPS) is 11.1. The van der Waals surface area contributed by atoms with Crippen LogP contribution in [0.3, 0.4) is 0 Å². The molecule has 0 unspecified atom stereocenters. The van der Waals surface area contributed by atoms with Crippen molar-refractivity contribution in [1.82, 2.24) is 5.32 Å². The van der Waals surface area contributed by atoms with Crippen LogP contribution < -0.4 is 14.4 Å². The third kappa shape index (κ3) is 6.80. The van der Waals surface area contributed by atoms with Gasteiger partial charge in [-0.3, -0.25) is 9.10 Å². The van der Waals surface area contributed by atoms with Gasteiger partial charge in [-0.15, -0.1) is 11.8 Å². The molecule has 0 bridgehead atoms. The molecule has 1 N–H and O–H groups in total. The Kier molecular flexibility index (Phi) is 8.91. The molecular formula is C23H22Cl2N2O4S2. The lowest BCUT2D eigenvalue weighted by Crippen LogP contribution is -2.41. The first-order chi connectivity index (χ1) is 15.8. The van der Waals surface area contributed by atoms with E-state index in [4.69, 9.17) is 27.9 Å². The Hall–Kier alpha value is -2.39. The summed E-state index contributed by atoms with van der Waals surface area (Å²) in [4.78, 5) is 13.8. The van der Waals surface area contributed by atoms with Crippen LogP contribution in [0.25, 0.3) is 0 Å². The molecule has 1 amide bonds. The third-order valence-corrected chi connectivity index (χ3v) is 7.81. The number of amides is 1. The van der Waals surface area contributed by atoms with Crippen LogP contribution in [0.1, 0.15) is 0 Å². The molecule has 0 aromatic heterocycles. The van der Waals surface area contributed by atoms with E-state index < -0.39 is 22.5 Å². The first kappa shape index (κ1) is 25.2. The van der Waals surface area contributed by atoms with Crippen molar-refractivity contribution in [1.29, 1.82) is 0 Å². The first-order valence-electron chi connectivity index (χ1n) is 9.87. The fourth-order valence-corrected chi connectivity index (χ4v) is 5.46. The molecule has 0 fully saturated rings. The fourth-order valence-electron chi connectivity index (χ4n) is 2.95. The van der Waals surface area contributed by atoms with E-state index in [1.165, 1.54) is 25.3 Å². The molecule has 3 aromatic carbocycles. The van der Waals surface area contributed by atoms with Gasteiger partial charge in [0.2, 0.25) is 5.91 Å². The highest BCUT2D eigenvalue weighted by Gasteiger charge is 2.29. The summed E-state index contributed by atoms with van der Waals surface area (Å²) in [7, 11) is -2.64. The van der Waals surface area contributed by atoms with Crippen molar-refractivity contribution < 1.29 is 17.9 Å². The molecule has 10 heteroatoms. The number of anilines is 1. The average molecular weight is 525 g/mol. The van der Waals surface area contributed by atoms with Gasteiger partial charge in [0.25, 0.3) is 10.0 Å². The molecule has 0 spiro atoms. The van der Waals surface area contributed by atoms with Gasteiger partial charge in [0.15, 0.2) is 0 Å². The lowest BCUT2D eigenvalue weighted by molar-refractivity contribution is -0.119. The highest BCUT2D eigenvalue weighted by molar-refractivity contribution is 7.99. The van der Waals surface area contributed by atoms with Crippen LogP contribution in [0.2, 0.25) is 10.0 Å².